The van der Waals surface area contributed by atoms with Gasteiger partial charge in [-0.1, -0.05) is 13.3 Å². The molecule has 29 heavy (non-hydrogen) atoms. The minimum absolute atomic E-state index is 0.214. The molecule has 5 nitrogen and oxygen atoms in total. The number of thiophene rings is 2. The van der Waals surface area contributed by atoms with Crippen LogP contribution in [0, 0.1) is 10.7 Å². The summed E-state index contributed by atoms with van der Waals surface area (Å²) >= 11 is 8.71. The highest BCUT2D eigenvalue weighted by Crippen LogP contribution is 2.34. The van der Waals surface area contributed by atoms with E-state index in [4.69, 9.17) is 12.2 Å². The Morgan fingerprint density at radius 3 is 2.90 bits per heavy atom. The van der Waals surface area contributed by atoms with Gasteiger partial charge in [0, 0.05) is 15.1 Å². The second kappa shape index (κ2) is 7.49. The Kier molecular flexibility index (Phi) is 4.96. The Morgan fingerprint density at radius 2 is 2.03 bits per heavy atom. The van der Waals surface area contributed by atoms with Crippen LogP contribution in [0.5, 0.6) is 0 Å². The zero-order valence-electron chi connectivity index (χ0n) is 16.3. The minimum Gasteiger partial charge on any atom is -0.322 e. The van der Waals surface area contributed by atoms with E-state index in [1.165, 1.54) is 20.9 Å². The van der Waals surface area contributed by atoms with Crippen molar-refractivity contribution in [2.45, 2.75) is 58.3 Å². The molecule has 0 aromatic carbocycles. The molecule has 3 aromatic heterocycles. The van der Waals surface area contributed by atoms with Crippen LogP contribution in [-0.2, 0) is 25.7 Å². The van der Waals surface area contributed by atoms with Gasteiger partial charge in [-0.05, 0) is 74.2 Å². The van der Waals surface area contributed by atoms with Gasteiger partial charge in [0.25, 0.3) is 11.5 Å². The van der Waals surface area contributed by atoms with Crippen molar-refractivity contribution < 1.29 is 4.79 Å². The first-order valence-corrected chi connectivity index (χ1v) is 12.3. The first-order chi connectivity index (χ1) is 14.0. The molecular weight excluding hydrogens is 422 g/mol. The second-order valence-corrected chi connectivity index (χ2v) is 10.6. The highest BCUT2D eigenvalue weighted by Gasteiger charge is 2.25. The number of nitrogens with one attached hydrogen (secondary N) is 2. The van der Waals surface area contributed by atoms with Crippen molar-refractivity contribution in [3.8, 4) is 0 Å². The van der Waals surface area contributed by atoms with Crippen molar-refractivity contribution in [2.24, 2.45) is 5.92 Å². The lowest BCUT2D eigenvalue weighted by atomic mass is 9.88. The van der Waals surface area contributed by atoms with Gasteiger partial charge in [0.15, 0.2) is 0 Å². The molecule has 3 heterocycles. The molecule has 0 bridgehead atoms. The Morgan fingerprint density at radius 1 is 1.21 bits per heavy atom. The highest BCUT2D eigenvalue weighted by atomic mass is 32.1. The maximum absolute atomic E-state index is 13.3. The summed E-state index contributed by atoms with van der Waals surface area (Å²) in [6.45, 7) is 2.25. The van der Waals surface area contributed by atoms with Gasteiger partial charge in [0.2, 0.25) is 4.77 Å². The van der Waals surface area contributed by atoms with E-state index >= 15 is 0 Å². The zero-order valence-corrected chi connectivity index (χ0v) is 18.7. The Balaban J connectivity index is 1.54. The molecule has 152 valence electrons. The molecule has 0 radical (unpaired) electrons. The average molecular weight is 446 g/mol. The quantitative estimate of drug-likeness (QED) is 0.433. The Bertz CT molecular complexity index is 1230. The number of H-pyrrole nitrogens is 1. The lowest BCUT2D eigenvalue weighted by Gasteiger charge is -2.19. The summed E-state index contributed by atoms with van der Waals surface area (Å²) in [7, 11) is 0. The molecule has 1 atom stereocenters. The summed E-state index contributed by atoms with van der Waals surface area (Å²) in [4.78, 5) is 32.9. The van der Waals surface area contributed by atoms with Crippen LogP contribution in [-0.4, -0.2) is 15.6 Å². The van der Waals surface area contributed by atoms with E-state index < -0.39 is 0 Å². The largest absolute Gasteiger partial charge is 0.322 e. The summed E-state index contributed by atoms with van der Waals surface area (Å²) in [5.74, 6) is 0.407. The zero-order chi connectivity index (χ0) is 20.1. The second-order valence-electron chi connectivity index (χ2n) is 8.18. The van der Waals surface area contributed by atoms with Crippen LogP contribution in [0.1, 0.15) is 63.8 Å². The van der Waals surface area contributed by atoms with Crippen molar-refractivity contribution in [1.82, 2.24) is 9.66 Å². The van der Waals surface area contributed by atoms with Crippen molar-refractivity contribution >= 4 is 51.0 Å². The first-order valence-electron chi connectivity index (χ1n) is 10.2. The van der Waals surface area contributed by atoms with Crippen molar-refractivity contribution in [1.29, 1.82) is 0 Å². The predicted octanol–water partition coefficient (Wildman–Crippen LogP) is 4.96. The third-order valence-electron chi connectivity index (χ3n) is 6.12. The molecule has 1 amide bonds. The molecule has 1 unspecified atom stereocenters. The minimum atomic E-state index is -0.251. The summed E-state index contributed by atoms with van der Waals surface area (Å²) in [5.41, 5.74) is 5.54. The van der Waals surface area contributed by atoms with Crippen LogP contribution in [0.3, 0.4) is 0 Å². The van der Waals surface area contributed by atoms with E-state index in [1.807, 2.05) is 5.38 Å². The van der Waals surface area contributed by atoms with Crippen molar-refractivity contribution in [2.75, 3.05) is 5.43 Å². The fourth-order valence-electron chi connectivity index (χ4n) is 4.55. The summed E-state index contributed by atoms with van der Waals surface area (Å²) in [6, 6.07) is 0. The van der Waals surface area contributed by atoms with Crippen LogP contribution < -0.4 is 11.0 Å². The number of carbonyl (C=O) groups is 1. The van der Waals surface area contributed by atoms with Crippen LogP contribution >= 0.6 is 34.9 Å². The molecule has 3 aromatic rings. The third kappa shape index (κ3) is 3.31. The van der Waals surface area contributed by atoms with Crippen LogP contribution in [0.15, 0.2) is 10.2 Å². The SMILES string of the molecule is CC1CCc2c(C(=O)Nn3c(=S)[nH]c4sc5c(c4c3=O)CCCCC5)csc2C1. The molecule has 5 rings (SSSR count). The van der Waals surface area contributed by atoms with E-state index in [0.717, 1.165) is 60.9 Å². The normalized spacial score (nSPS) is 18.9. The number of aryl methyl sites for hydroxylation is 2. The predicted molar refractivity (Wildman–Crippen MR) is 122 cm³/mol. The number of aromatic nitrogens is 2. The smallest absolute Gasteiger partial charge is 0.282 e. The molecule has 0 saturated heterocycles. The number of hydrogen-bond acceptors (Lipinski definition) is 5. The number of nitrogens with zero attached hydrogens (tertiary/aromatic N) is 1. The molecule has 0 fully saturated rings. The molecule has 0 aliphatic heterocycles. The Hall–Kier alpha value is -1.77. The van der Waals surface area contributed by atoms with E-state index in [0.29, 0.717) is 16.9 Å². The maximum atomic E-state index is 13.3. The van der Waals surface area contributed by atoms with Gasteiger partial charge >= 0.3 is 0 Å². The molecule has 2 aliphatic rings. The molecule has 0 spiro atoms. The third-order valence-corrected chi connectivity index (χ3v) is 8.66. The van der Waals surface area contributed by atoms with Gasteiger partial charge in [-0.15, -0.1) is 22.7 Å². The molecular formula is C21H23N3O2S3. The molecule has 8 heteroatoms. The summed E-state index contributed by atoms with van der Waals surface area (Å²) < 4.78 is 1.47. The first kappa shape index (κ1) is 19.2. The summed E-state index contributed by atoms with van der Waals surface area (Å²) in [5, 5.41) is 2.62. The average Bonchev–Trinajstić information content (AvgIpc) is 3.18. The van der Waals surface area contributed by atoms with Gasteiger partial charge in [0.1, 0.15) is 4.83 Å². The van der Waals surface area contributed by atoms with E-state index in [1.54, 1.807) is 22.7 Å². The topological polar surface area (TPSA) is 66.9 Å². The number of amides is 1. The van der Waals surface area contributed by atoms with E-state index in [2.05, 4.69) is 17.3 Å². The van der Waals surface area contributed by atoms with E-state index in [9.17, 15) is 9.59 Å². The standard InChI is InChI=1S/C21H23N3O2S3/c1-11-7-8-12-14(10-28-16(12)9-11)18(25)23-24-20(26)17-13-5-3-2-4-6-15(13)29-19(17)22-21(24)27/h10-11H,2-9H2,1H3,(H,22,27)(H,23,25). The number of fused-ring (bicyclic) bond motifs is 4. The Labute approximate surface area is 181 Å². The fraction of sp³-hybridized carbons (Fsp3) is 0.476. The highest BCUT2D eigenvalue weighted by molar-refractivity contribution is 7.71. The summed E-state index contributed by atoms with van der Waals surface area (Å²) in [6.07, 6.45) is 8.42. The van der Waals surface area contributed by atoms with Crippen LogP contribution in [0.25, 0.3) is 10.2 Å². The number of carbonyl (C=O) groups excluding carboxylic acids is 1. The maximum Gasteiger partial charge on any atom is 0.282 e. The molecule has 2 aliphatic carbocycles. The van der Waals surface area contributed by atoms with Gasteiger partial charge in [-0.2, -0.15) is 4.68 Å². The lowest BCUT2D eigenvalue weighted by Crippen LogP contribution is -2.34. The van der Waals surface area contributed by atoms with Gasteiger partial charge < -0.3 is 4.98 Å². The van der Waals surface area contributed by atoms with Gasteiger partial charge in [-0.25, -0.2) is 0 Å². The monoisotopic (exact) mass is 445 g/mol. The lowest BCUT2D eigenvalue weighted by molar-refractivity contribution is 0.101. The van der Waals surface area contributed by atoms with Crippen molar-refractivity contribution in [3.63, 3.8) is 0 Å². The number of hydrogen-bond donors (Lipinski definition) is 2. The van der Waals surface area contributed by atoms with Gasteiger partial charge in [0.05, 0.1) is 10.9 Å². The van der Waals surface area contributed by atoms with Gasteiger partial charge in [-0.3, -0.25) is 15.0 Å². The van der Waals surface area contributed by atoms with Crippen LogP contribution in [0.4, 0.5) is 0 Å². The van der Waals surface area contributed by atoms with Crippen LogP contribution in [0.2, 0.25) is 0 Å². The molecule has 0 saturated carbocycles. The number of rotatable bonds is 2. The molecule has 2 N–H and O–H groups in total. The fourth-order valence-corrected chi connectivity index (χ4v) is 7.37. The van der Waals surface area contributed by atoms with Crippen molar-refractivity contribution in [3.05, 3.63) is 46.9 Å². The number of aromatic amines is 1. The van der Waals surface area contributed by atoms with E-state index in [-0.39, 0.29) is 16.2 Å².